The van der Waals surface area contributed by atoms with Gasteiger partial charge in [-0.3, -0.25) is 4.79 Å². The second kappa shape index (κ2) is 11.7. The van der Waals surface area contributed by atoms with Crippen LogP contribution in [0.2, 0.25) is 0 Å². The Bertz CT molecular complexity index is 1170. The molecule has 0 saturated carbocycles. The highest BCUT2D eigenvalue weighted by Gasteiger charge is 2.26. The molecule has 35 heavy (non-hydrogen) atoms. The average molecular weight is 484 g/mol. The monoisotopic (exact) mass is 483 g/mol. The molecule has 3 rings (SSSR count). The smallest absolute Gasteiger partial charge is 0.225 e. The fourth-order valence-corrected chi connectivity index (χ4v) is 3.82. The van der Waals surface area contributed by atoms with Crippen molar-refractivity contribution in [3.05, 3.63) is 47.8 Å². The maximum absolute atomic E-state index is 14.1. The van der Waals surface area contributed by atoms with Gasteiger partial charge in [0.1, 0.15) is 23.1 Å². The minimum absolute atomic E-state index is 0.0973. The topological polar surface area (TPSA) is 97.4 Å². The minimum atomic E-state index is -0.451. The standard InChI is InChI=1S/C26H34FN5O3/c1-6-7-12-26(3,16-29-17(2)33)32-24-21-11-9-19(27)13-22(21)30-25(31-24)28-15-18-8-10-20(34-4)14-23(18)35-5/h8-11,13-14H,6-7,12,15-16H2,1-5H3,(H,29,33)(H2,28,30,31,32)/t26-/m1/s1. The van der Waals surface area contributed by atoms with Crippen molar-refractivity contribution in [3.8, 4) is 11.5 Å². The van der Waals surface area contributed by atoms with Gasteiger partial charge in [0.2, 0.25) is 11.9 Å². The highest BCUT2D eigenvalue weighted by atomic mass is 19.1. The SMILES string of the molecule is CCCC[C@](C)(CNC(C)=O)Nc1nc(NCc2ccc(OC)cc2OC)nc2cc(F)ccc12. The summed E-state index contributed by atoms with van der Waals surface area (Å²) in [5, 5.41) is 10.4. The van der Waals surface area contributed by atoms with Gasteiger partial charge in [-0.15, -0.1) is 0 Å². The number of nitrogens with one attached hydrogen (secondary N) is 3. The number of halogens is 1. The van der Waals surface area contributed by atoms with Crippen LogP contribution in [0.15, 0.2) is 36.4 Å². The first-order valence-electron chi connectivity index (χ1n) is 11.7. The number of hydrogen-bond acceptors (Lipinski definition) is 7. The van der Waals surface area contributed by atoms with Gasteiger partial charge in [0.25, 0.3) is 0 Å². The summed E-state index contributed by atoms with van der Waals surface area (Å²) in [6.45, 7) is 6.49. The first kappa shape index (κ1) is 26.0. The second-order valence-electron chi connectivity index (χ2n) is 8.79. The molecule has 0 aliphatic carbocycles. The van der Waals surface area contributed by atoms with E-state index in [1.165, 1.54) is 19.1 Å². The Hall–Kier alpha value is -3.62. The van der Waals surface area contributed by atoms with Crippen LogP contribution in [0.1, 0.15) is 45.6 Å². The van der Waals surface area contributed by atoms with Gasteiger partial charge in [0, 0.05) is 43.1 Å². The molecule has 0 aliphatic rings. The van der Waals surface area contributed by atoms with E-state index < -0.39 is 5.54 Å². The summed E-state index contributed by atoms with van der Waals surface area (Å²) in [6.07, 6.45) is 2.81. The quantitative estimate of drug-likeness (QED) is 0.337. The van der Waals surface area contributed by atoms with E-state index in [1.807, 2.05) is 25.1 Å². The van der Waals surface area contributed by atoms with Gasteiger partial charge in [-0.05, 0) is 37.6 Å². The minimum Gasteiger partial charge on any atom is -0.497 e. The summed E-state index contributed by atoms with van der Waals surface area (Å²) in [4.78, 5) is 20.8. The van der Waals surface area contributed by atoms with Crippen molar-refractivity contribution < 1.29 is 18.7 Å². The number of carbonyl (C=O) groups excluding carboxylic acids is 1. The van der Waals surface area contributed by atoms with Crippen molar-refractivity contribution in [2.24, 2.45) is 0 Å². The first-order chi connectivity index (χ1) is 16.8. The third kappa shape index (κ3) is 6.94. The van der Waals surface area contributed by atoms with Crippen LogP contribution >= 0.6 is 0 Å². The molecule has 1 heterocycles. The molecule has 8 nitrogen and oxygen atoms in total. The van der Waals surface area contributed by atoms with Crippen LogP contribution in [0.5, 0.6) is 11.5 Å². The fraction of sp³-hybridized carbons (Fsp3) is 0.423. The number of hydrogen-bond donors (Lipinski definition) is 3. The molecule has 0 fully saturated rings. The van der Waals surface area contributed by atoms with Gasteiger partial charge >= 0.3 is 0 Å². The lowest BCUT2D eigenvalue weighted by atomic mass is 9.94. The summed E-state index contributed by atoms with van der Waals surface area (Å²) < 4.78 is 24.8. The molecule has 9 heteroatoms. The van der Waals surface area contributed by atoms with E-state index in [-0.39, 0.29) is 11.7 Å². The van der Waals surface area contributed by atoms with Crippen LogP contribution in [-0.4, -0.2) is 42.2 Å². The summed E-state index contributed by atoms with van der Waals surface area (Å²) in [6, 6.07) is 10.0. The number of carbonyl (C=O) groups is 1. The number of ether oxygens (including phenoxy) is 2. The van der Waals surface area contributed by atoms with Gasteiger partial charge in [0.05, 0.1) is 25.3 Å². The molecule has 188 valence electrons. The lowest BCUT2D eigenvalue weighted by Gasteiger charge is -2.32. The number of benzene rings is 2. The first-order valence-corrected chi connectivity index (χ1v) is 11.7. The van der Waals surface area contributed by atoms with Crippen LogP contribution in [-0.2, 0) is 11.3 Å². The molecule has 1 amide bonds. The summed E-state index contributed by atoms with van der Waals surface area (Å²) in [7, 11) is 3.20. The zero-order chi connectivity index (χ0) is 25.4. The molecule has 2 aromatic carbocycles. The zero-order valence-electron chi connectivity index (χ0n) is 21.0. The van der Waals surface area contributed by atoms with Crippen LogP contribution in [0, 0.1) is 5.82 Å². The molecule has 0 radical (unpaired) electrons. The number of fused-ring (bicyclic) bond motifs is 1. The van der Waals surface area contributed by atoms with E-state index in [9.17, 15) is 9.18 Å². The summed E-state index contributed by atoms with van der Waals surface area (Å²) in [5.41, 5.74) is 0.918. The zero-order valence-corrected chi connectivity index (χ0v) is 21.0. The maximum Gasteiger partial charge on any atom is 0.225 e. The molecule has 3 aromatic rings. The Labute approximate surface area is 205 Å². The second-order valence-corrected chi connectivity index (χ2v) is 8.79. The summed E-state index contributed by atoms with van der Waals surface area (Å²) in [5.74, 6) is 1.81. The number of unbranched alkanes of at least 4 members (excludes halogenated alkanes) is 1. The highest BCUT2D eigenvalue weighted by Crippen LogP contribution is 2.29. The van der Waals surface area contributed by atoms with Crippen molar-refractivity contribution in [1.29, 1.82) is 0 Å². The van der Waals surface area contributed by atoms with E-state index in [0.29, 0.717) is 47.3 Å². The van der Waals surface area contributed by atoms with E-state index in [0.717, 1.165) is 24.8 Å². The van der Waals surface area contributed by atoms with Gasteiger partial charge in [-0.25, -0.2) is 9.37 Å². The molecule has 0 bridgehead atoms. The van der Waals surface area contributed by atoms with Gasteiger partial charge in [-0.2, -0.15) is 4.98 Å². The van der Waals surface area contributed by atoms with Crippen molar-refractivity contribution in [2.75, 3.05) is 31.4 Å². The Balaban J connectivity index is 1.94. The maximum atomic E-state index is 14.1. The molecular formula is C26H34FN5O3. The Morgan fingerprint density at radius 3 is 2.60 bits per heavy atom. The van der Waals surface area contributed by atoms with Crippen molar-refractivity contribution in [1.82, 2.24) is 15.3 Å². The molecular weight excluding hydrogens is 449 g/mol. The Kier molecular flexibility index (Phi) is 8.68. The van der Waals surface area contributed by atoms with Crippen LogP contribution in [0.3, 0.4) is 0 Å². The van der Waals surface area contributed by atoms with Crippen molar-refractivity contribution in [3.63, 3.8) is 0 Å². The normalized spacial score (nSPS) is 12.6. The van der Waals surface area contributed by atoms with E-state index >= 15 is 0 Å². The van der Waals surface area contributed by atoms with Gasteiger partial charge < -0.3 is 25.4 Å². The number of rotatable bonds is 12. The van der Waals surface area contributed by atoms with Gasteiger partial charge in [-0.1, -0.05) is 19.8 Å². The molecule has 0 unspecified atom stereocenters. The Morgan fingerprint density at radius 1 is 1.11 bits per heavy atom. The predicted octanol–water partition coefficient (Wildman–Crippen LogP) is 4.90. The number of nitrogens with zero attached hydrogens (tertiary/aromatic N) is 2. The Morgan fingerprint density at radius 2 is 1.91 bits per heavy atom. The van der Waals surface area contributed by atoms with Crippen LogP contribution in [0.25, 0.3) is 10.9 Å². The number of anilines is 2. The average Bonchev–Trinajstić information content (AvgIpc) is 2.84. The van der Waals surface area contributed by atoms with Crippen molar-refractivity contribution >= 4 is 28.6 Å². The highest BCUT2D eigenvalue weighted by molar-refractivity contribution is 5.90. The fourth-order valence-electron chi connectivity index (χ4n) is 3.82. The molecule has 0 aliphatic heterocycles. The lowest BCUT2D eigenvalue weighted by Crippen LogP contribution is -2.46. The third-order valence-electron chi connectivity index (χ3n) is 5.82. The lowest BCUT2D eigenvalue weighted by molar-refractivity contribution is -0.119. The molecule has 0 spiro atoms. The molecule has 0 saturated heterocycles. The number of methoxy groups -OCH3 is 2. The van der Waals surface area contributed by atoms with Crippen LogP contribution < -0.4 is 25.4 Å². The predicted molar refractivity (Wildman–Crippen MR) is 137 cm³/mol. The largest absolute Gasteiger partial charge is 0.497 e. The van der Waals surface area contributed by atoms with Crippen molar-refractivity contribution in [2.45, 2.75) is 52.1 Å². The number of amides is 1. The molecule has 1 aromatic heterocycles. The summed E-state index contributed by atoms with van der Waals surface area (Å²) >= 11 is 0. The van der Waals surface area contributed by atoms with E-state index in [4.69, 9.17) is 14.5 Å². The van der Waals surface area contributed by atoms with Crippen LogP contribution in [0.4, 0.5) is 16.2 Å². The van der Waals surface area contributed by atoms with E-state index in [1.54, 1.807) is 20.3 Å². The number of aromatic nitrogens is 2. The van der Waals surface area contributed by atoms with Gasteiger partial charge in [0.15, 0.2) is 0 Å². The molecule has 1 atom stereocenters. The molecule has 3 N–H and O–H groups in total. The third-order valence-corrected chi connectivity index (χ3v) is 5.82. The van der Waals surface area contributed by atoms with E-state index in [2.05, 4.69) is 27.9 Å².